The van der Waals surface area contributed by atoms with E-state index in [0.29, 0.717) is 0 Å². The summed E-state index contributed by atoms with van der Waals surface area (Å²) in [6, 6.07) is 18.4. The first-order chi connectivity index (χ1) is 12.4. The van der Waals surface area contributed by atoms with Gasteiger partial charge in [-0.2, -0.15) is 9.13 Å². The van der Waals surface area contributed by atoms with Crippen LogP contribution in [0.2, 0.25) is 0 Å². The van der Waals surface area contributed by atoms with Crippen LogP contribution in [0.25, 0.3) is 39.5 Å². The van der Waals surface area contributed by atoms with Gasteiger partial charge in [-0.15, -0.1) is 0 Å². The number of oxazole rings is 1. The van der Waals surface area contributed by atoms with Crippen molar-refractivity contribution in [1.29, 1.82) is 0 Å². The second-order valence-electron chi connectivity index (χ2n) is 6.20. The van der Waals surface area contributed by atoms with Crippen LogP contribution in [-0.4, -0.2) is 14.5 Å². The molecule has 0 unspecified atom stereocenters. The molecule has 1 aliphatic rings. The van der Waals surface area contributed by atoms with Crippen molar-refractivity contribution in [2.45, 2.75) is 6.54 Å². The molecule has 0 atom stereocenters. The van der Waals surface area contributed by atoms with Crippen LogP contribution in [0.5, 0.6) is 0 Å². The average molecular weight is 325 g/mol. The minimum atomic E-state index is 0.759. The van der Waals surface area contributed by atoms with Crippen molar-refractivity contribution in [3.8, 4) is 17.3 Å². The van der Waals surface area contributed by atoms with E-state index in [2.05, 4.69) is 43.4 Å². The van der Waals surface area contributed by atoms with Gasteiger partial charge in [-0.1, -0.05) is 24.3 Å². The normalized spacial score (nSPS) is 12.6. The molecule has 0 fully saturated rings. The number of aromatic nitrogens is 4. The molecule has 0 N–H and O–H groups in total. The van der Waals surface area contributed by atoms with Crippen molar-refractivity contribution >= 4 is 22.3 Å². The quantitative estimate of drug-likeness (QED) is 0.435. The summed E-state index contributed by atoms with van der Waals surface area (Å²) in [7, 11) is 0. The first-order valence-electron chi connectivity index (χ1n) is 8.23. The molecule has 0 bridgehead atoms. The maximum atomic E-state index is 6.29. The fourth-order valence-electron chi connectivity index (χ4n) is 3.74. The highest BCUT2D eigenvalue weighted by molar-refractivity contribution is 6.02. The highest BCUT2D eigenvalue weighted by atomic mass is 16.4. The number of rotatable bonds is 1. The summed E-state index contributed by atoms with van der Waals surface area (Å²) in [6.45, 7) is 0.759. The Morgan fingerprint density at radius 3 is 2.68 bits per heavy atom. The summed E-state index contributed by atoms with van der Waals surface area (Å²) in [4.78, 5) is 9.13. The van der Waals surface area contributed by atoms with Crippen LogP contribution in [-0.2, 0) is 6.54 Å². The van der Waals surface area contributed by atoms with Crippen LogP contribution >= 0.6 is 0 Å². The van der Waals surface area contributed by atoms with Crippen molar-refractivity contribution in [3.63, 3.8) is 0 Å². The van der Waals surface area contributed by atoms with Gasteiger partial charge in [0.25, 0.3) is 0 Å². The summed E-state index contributed by atoms with van der Waals surface area (Å²) in [5.74, 6) is 0.816. The standard InChI is InChI=1S/C20H13N4O/c1-2-7-14(8-3-1)24-18-15(9-5-11-22-18)17-19(24)23-12-13-6-4-10-21-16(13)20(23)25-17/h1-11H,12H2/q+1. The lowest BCUT2D eigenvalue weighted by molar-refractivity contribution is -0.651. The summed E-state index contributed by atoms with van der Waals surface area (Å²) < 4.78 is 10.7. The van der Waals surface area contributed by atoms with Gasteiger partial charge >= 0.3 is 11.5 Å². The fraction of sp³-hybridized carbons (Fsp3) is 0.0500. The van der Waals surface area contributed by atoms with Crippen molar-refractivity contribution in [2.24, 2.45) is 0 Å². The number of nitrogens with zero attached hydrogens (tertiary/aromatic N) is 4. The molecule has 5 aromatic rings. The third kappa shape index (κ3) is 1.59. The Morgan fingerprint density at radius 1 is 0.920 bits per heavy atom. The van der Waals surface area contributed by atoms with Crippen LogP contribution in [0.1, 0.15) is 5.56 Å². The summed E-state index contributed by atoms with van der Waals surface area (Å²) in [6.07, 6.45) is 3.63. The Labute approximate surface area is 142 Å². The molecule has 0 saturated carbocycles. The SMILES string of the molecule is c1ccc(-n2c3ncccc3c3oc4[n+](c32)Cc2cccnc2-4)cc1. The van der Waals surface area contributed by atoms with Gasteiger partial charge in [-0.25, -0.2) is 9.97 Å². The van der Waals surface area contributed by atoms with E-state index in [1.54, 1.807) is 0 Å². The molecule has 6 rings (SSSR count). The molecule has 5 heterocycles. The van der Waals surface area contributed by atoms with Gasteiger partial charge in [0.05, 0.1) is 5.39 Å². The van der Waals surface area contributed by atoms with Crippen LogP contribution in [0, 0.1) is 0 Å². The molecule has 0 amide bonds. The molecule has 1 aliphatic heterocycles. The van der Waals surface area contributed by atoms with Crippen molar-refractivity contribution < 1.29 is 8.98 Å². The molecule has 5 nitrogen and oxygen atoms in total. The monoisotopic (exact) mass is 325 g/mol. The lowest BCUT2D eigenvalue weighted by atomic mass is 10.2. The van der Waals surface area contributed by atoms with Crippen LogP contribution in [0.4, 0.5) is 0 Å². The number of hydrogen-bond donors (Lipinski definition) is 0. The van der Waals surface area contributed by atoms with Gasteiger partial charge in [-0.3, -0.25) is 0 Å². The van der Waals surface area contributed by atoms with E-state index in [1.165, 1.54) is 5.56 Å². The van der Waals surface area contributed by atoms with Gasteiger partial charge in [0.2, 0.25) is 11.2 Å². The molecule has 5 heteroatoms. The molecule has 1 aromatic carbocycles. The lowest BCUT2D eigenvalue weighted by Gasteiger charge is -1.99. The molecule has 0 saturated heterocycles. The number of pyridine rings is 2. The topological polar surface area (TPSA) is 47.7 Å². The van der Waals surface area contributed by atoms with Gasteiger partial charge in [-0.05, 0) is 30.3 Å². The fourth-order valence-corrected chi connectivity index (χ4v) is 3.74. The summed E-state index contributed by atoms with van der Waals surface area (Å²) in [5.41, 5.74) is 5.96. The average Bonchev–Trinajstić information content (AvgIpc) is 3.30. The van der Waals surface area contributed by atoms with E-state index in [9.17, 15) is 0 Å². The Balaban J connectivity index is 1.79. The van der Waals surface area contributed by atoms with E-state index in [1.807, 2.05) is 42.7 Å². The van der Waals surface area contributed by atoms with Crippen molar-refractivity contribution in [1.82, 2.24) is 14.5 Å². The smallest absolute Gasteiger partial charge is 0.336 e. The molecule has 0 spiro atoms. The van der Waals surface area contributed by atoms with Crippen molar-refractivity contribution in [3.05, 3.63) is 72.6 Å². The van der Waals surface area contributed by atoms with E-state index >= 15 is 0 Å². The first kappa shape index (κ1) is 12.9. The van der Waals surface area contributed by atoms with Gasteiger partial charge in [0.1, 0.15) is 12.2 Å². The zero-order valence-corrected chi connectivity index (χ0v) is 13.3. The second kappa shape index (κ2) is 4.54. The summed E-state index contributed by atoms with van der Waals surface area (Å²) >= 11 is 0. The molecular formula is C20H13N4O+. The van der Waals surface area contributed by atoms with E-state index in [4.69, 9.17) is 4.42 Å². The third-order valence-corrected chi connectivity index (χ3v) is 4.79. The van der Waals surface area contributed by atoms with Crippen LogP contribution in [0.15, 0.2) is 71.4 Å². The van der Waals surface area contributed by atoms with Gasteiger partial charge < -0.3 is 4.42 Å². The molecule has 0 aliphatic carbocycles. The van der Waals surface area contributed by atoms with Crippen LogP contribution < -0.4 is 4.57 Å². The lowest BCUT2D eigenvalue weighted by Crippen LogP contribution is -2.32. The Morgan fingerprint density at radius 2 is 1.76 bits per heavy atom. The zero-order valence-electron chi connectivity index (χ0n) is 13.3. The highest BCUT2D eigenvalue weighted by Crippen LogP contribution is 2.35. The minimum absolute atomic E-state index is 0.759. The molecular weight excluding hydrogens is 312 g/mol. The number of para-hydroxylation sites is 1. The molecule has 25 heavy (non-hydrogen) atoms. The predicted octanol–water partition coefficient (Wildman–Crippen LogP) is 3.48. The first-order valence-corrected chi connectivity index (χ1v) is 8.23. The maximum Gasteiger partial charge on any atom is 0.336 e. The van der Waals surface area contributed by atoms with E-state index in [0.717, 1.165) is 46.1 Å². The predicted molar refractivity (Wildman–Crippen MR) is 93.4 cm³/mol. The van der Waals surface area contributed by atoms with E-state index in [-0.39, 0.29) is 0 Å². The second-order valence-corrected chi connectivity index (χ2v) is 6.20. The summed E-state index contributed by atoms with van der Waals surface area (Å²) in [5, 5.41) is 1.01. The zero-order chi connectivity index (χ0) is 16.4. The largest absolute Gasteiger partial charge is 0.412 e. The van der Waals surface area contributed by atoms with Gasteiger partial charge in [0, 0.05) is 18.0 Å². The van der Waals surface area contributed by atoms with Crippen molar-refractivity contribution in [2.75, 3.05) is 0 Å². The minimum Gasteiger partial charge on any atom is -0.412 e. The Kier molecular flexibility index (Phi) is 2.34. The Hall–Kier alpha value is -3.47. The highest BCUT2D eigenvalue weighted by Gasteiger charge is 2.36. The molecule has 118 valence electrons. The van der Waals surface area contributed by atoms with Gasteiger partial charge in [0.15, 0.2) is 5.69 Å². The number of benzene rings is 1. The number of hydrogen-bond acceptors (Lipinski definition) is 3. The number of fused-ring (bicyclic) bond motifs is 7. The third-order valence-electron chi connectivity index (χ3n) is 4.79. The van der Waals surface area contributed by atoms with E-state index < -0.39 is 0 Å². The maximum absolute atomic E-state index is 6.29. The Bertz CT molecular complexity index is 1270. The molecule has 0 radical (unpaired) electrons. The van der Waals surface area contributed by atoms with Crippen LogP contribution in [0.3, 0.4) is 0 Å². The molecule has 4 aromatic heterocycles.